The average molecular weight is 386 g/mol. The molecular formula is C26H27NO2. The van der Waals surface area contributed by atoms with Gasteiger partial charge in [-0.15, -0.1) is 0 Å². The molecule has 1 N–H and O–H groups in total. The lowest BCUT2D eigenvalue weighted by Crippen LogP contribution is -2.47. The van der Waals surface area contributed by atoms with Crippen LogP contribution in [0.5, 0.6) is 0 Å². The van der Waals surface area contributed by atoms with Gasteiger partial charge in [-0.1, -0.05) is 91.0 Å². The van der Waals surface area contributed by atoms with Gasteiger partial charge >= 0.3 is 5.97 Å². The largest absolute Gasteiger partial charge is 0.453 e. The van der Waals surface area contributed by atoms with Crippen molar-refractivity contribution in [3.63, 3.8) is 0 Å². The molecule has 0 unspecified atom stereocenters. The highest BCUT2D eigenvalue weighted by molar-refractivity contribution is 5.87. The van der Waals surface area contributed by atoms with Crippen molar-refractivity contribution >= 4 is 5.97 Å². The molecule has 148 valence electrons. The summed E-state index contributed by atoms with van der Waals surface area (Å²) in [5, 5.41) is 3.39. The van der Waals surface area contributed by atoms with Crippen molar-refractivity contribution in [1.29, 1.82) is 0 Å². The fourth-order valence-electron chi connectivity index (χ4n) is 4.25. The Morgan fingerprint density at radius 2 is 1.24 bits per heavy atom. The summed E-state index contributed by atoms with van der Waals surface area (Å²) < 4.78 is 6.46. The minimum atomic E-state index is -0.880. The third-order valence-electron chi connectivity index (χ3n) is 6.11. The van der Waals surface area contributed by atoms with Crippen LogP contribution in [0.1, 0.15) is 36.5 Å². The van der Waals surface area contributed by atoms with Gasteiger partial charge in [-0.2, -0.15) is 0 Å². The maximum atomic E-state index is 13.9. The minimum absolute atomic E-state index is 0.208. The van der Waals surface area contributed by atoms with Crippen molar-refractivity contribution in [2.75, 3.05) is 13.1 Å². The molecule has 0 atom stereocenters. The molecule has 3 aromatic carbocycles. The molecule has 4 rings (SSSR count). The zero-order valence-corrected chi connectivity index (χ0v) is 16.8. The molecule has 0 radical (unpaired) electrons. The van der Waals surface area contributed by atoms with Gasteiger partial charge in [0.2, 0.25) is 0 Å². The van der Waals surface area contributed by atoms with E-state index >= 15 is 0 Å². The molecule has 0 aromatic heterocycles. The van der Waals surface area contributed by atoms with Crippen LogP contribution in [0, 0.1) is 0 Å². The Hall–Kier alpha value is -2.91. The van der Waals surface area contributed by atoms with Gasteiger partial charge in [0, 0.05) is 12.8 Å². The summed E-state index contributed by atoms with van der Waals surface area (Å²) >= 11 is 0. The Morgan fingerprint density at radius 3 is 1.72 bits per heavy atom. The molecule has 1 fully saturated rings. The Balaban J connectivity index is 1.76. The van der Waals surface area contributed by atoms with Gasteiger partial charge < -0.3 is 10.1 Å². The molecule has 1 aliphatic rings. The Morgan fingerprint density at radius 1 is 0.793 bits per heavy atom. The first-order chi connectivity index (χ1) is 14.2. The van der Waals surface area contributed by atoms with E-state index in [2.05, 4.69) is 17.4 Å². The van der Waals surface area contributed by atoms with E-state index in [0.717, 1.165) is 42.6 Å². The summed E-state index contributed by atoms with van der Waals surface area (Å²) in [6, 6.07) is 30.0. The van der Waals surface area contributed by atoms with Crippen molar-refractivity contribution in [2.45, 2.75) is 30.8 Å². The quantitative estimate of drug-likeness (QED) is 0.640. The third-order valence-corrected chi connectivity index (χ3v) is 6.11. The number of esters is 1. The number of nitrogens with one attached hydrogen (secondary N) is 1. The normalized spacial score (nSPS) is 16.2. The van der Waals surface area contributed by atoms with Crippen LogP contribution in [0.4, 0.5) is 0 Å². The van der Waals surface area contributed by atoms with Crippen LogP contribution in [0.2, 0.25) is 0 Å². The van der Waals surface area contributed by atoms with E-state index in [1.807, 2.05) is 85.8 Å². The summed E-state index contributed by atoms with van der Waals surface area (Å²) in [4.78, 5) is 13.9. The molecule has 3 heteroatoms. The second-order valence-corrected chi connectivity index (χ2v) is 7.86. The van der Waals surface area contributed by atoms with Crippen LogP contribution >= 0.6 is 0 Å². The predicted molar refractivity (Wildman–Crippen MR) is 116 cm³/mol. The van der Waals surface area contributed by atoms with Gasteiger partial charge in [0.15, 0.2) is 0 Å². The van der Waals surface area contributed by atoms with Crippen LogP contribution < -0.4 is 5.32 Å². The van der Waals surface area contributed by atoms with E-state index in [-0.39, 0.29) is 5.97 Å². The van der Waals surface area contributed by atoms with Crippen molar-refractivity contribution in [2.24, 2.45) is 0 Å². The van der Waals surface area contributed by atoms with Crippen LogP contribution in [-0.4, -0.2) is 19.1 Å². The third kappa shape index (κ3) is 3.70. The van der Waals surface area contributed by atoms with Crippen molar-refractivity contribution < 1.29 is 9.53 Å². The Labute approximate surface area is 172 Å². The van der Waals surface area contributed by atoms with E-state index < -0.39 is 11.0 Å². The van der Waals surface area contributed by atoms with E-state index in [1.165, 1.54) is 0 Å². The van der Waals surface area contributed by atoms with Crippen LogP contribution in [0.3, 0.4) is 0 Å². The lowest BCUT2D eigenvalue weighted by molar-refractivity contribution is -0.169. The second-order valence-electron chi connectivity index (χ2n) is 7.86. The summed E-state index contributed by atoms with van der Waals surface area (Å²) in [6.45, 7) is 3.63. The highest BCUT2D eigenvalue weighted by Gasteiger charge is 2.45. The average Bonchev–Trinajstić information content (AvgIpc) is 2.81. The molecule has 0 saturated carbocycles. The van der Waals surface area contributed by atoms with Gasteiger partial charge in [-0.05, 0) is 36.7 Å². The number of hydrogen-bond acceptors (Lipinski definition) is 3. The molecule has 3 aromatic rings. The van der Waals surface area contributed by atoms with Gasteiger partial charge in [-0.25, -0.2) is 0 Å². The maximum Gasteiger partial charge on any atom is 0.321 e. The second kappa shape index (κ2) is 8.22. The van der Waals surface area contributed by atoms with Crippen LogP contribution in [-0.2, 0) is 20.5 Å². The van der Waals surface area contributed by atoms with Gasteiger partial charge in [0.25, 0.3) is 0 Å². The zero-order chi connectivity index (χ0) is 20.2. The number of rotatable bonds is 5. The van der Waals surface area contributed by atoms with Crippen molar-refractivity contribution in [3.05, 3.63) is 108 Å². The number of benzene rings is 3. The monoisotopic (exact) mass is 385 g/mol. The SMILES string of the molecule is CC(C(=O)OC1(c2ccccc2)CCNCC1)(c1ccccc1)c1ccccc1. The molecular weight excluding hydrogens is 358 g/mol. The molecule has 0 bridgehead atoms. The van der Waals surface area contributed by atoms with Crippen molar-refractivity contribution in [3.8, 4) is 0 Å². The zero-order valence-electron chi connectivity index (χ0n) is 16.8. The molecule has 1 aliphatic heterocycles. The summed E-state index contributed by atoms with van der Waals surface area (Å²) in [7, 11) is 0. The first kappa shape index (κ1) is 19.4. The lowest BCUT2D eigenvalue weighted by atomic mass is 9.75. The van der Waals surface area contributed by atoms with E-state index in [9.17, 15) is 4.79 Å². The number of carbonyl (C=O) groups is 1. The maximum absolute atomic E-state index is 13.9. The summed E-state index contributed by atoms with van der Waals surface area (Å²) in [5.41, 5.74) is 1.46. The fourth-order valence-corrected chi connectivity index (χ4v) is 4.25. The number of piperidine rings is 1. The number of carbonyl (C=O) groups excluding carboxylic acids is 1. The summed E-state index contributed by atoms with van der Waals surface area (Å²) in [5.74, 6) is -0.208. The van der Waals surface area contributed by atoms with E-state index in [4.69, 9.17) is 4.74 Å². The Kier molecular flexibility index (Phi) is 5.50. The first-order valence-corrected chi connectivity index (χ1v) is 10.3. The lowest BCUT2D eigenvalue weighted by Gasteiger charge is -2.40. The molecule has 0 spiro atoms. The van der Waals surface area contributed by atoms with Gasteiger partial charge in [-0.3, -0.25) is 4.79 Å². The highest BCUT2D eigenvalue weighted by Crippen LogP contribution is 2.40. The van der Waals surface area contributed by atoms with E-state index in [1.54, 1.807) is 0 Å². The fraction of sp³-hybridized carbons (Fsp3) is 0.269. The minimum Gasteiger partial charge on any atom is -0.453 e. The van der Waals surface area contributed by atoms with Crippen LogP contribution in [0.15, 0.2) is 91.0 Å². The smallest absolute Gasteiger partial charge is 0.321 e. The molecule has 3 nitrogen and oxygen atoms in total. The highest BCUT2D eigenvalue weighted by atomic mass is 16.6. The standard InChI is InChI=1S/C26H27NO2/c1-25(21-11-5-2-6-12-21,22-13-7-3-8-14-22)24(28)29-26(17-19-27-20-18-26)23-15-9-4-10-16-23/h2-16,27H,17-20H2,1H3. The first-order valence-electron chi connectivity index (χ1n) is 10.3. The summed E-state index contributed by atoms with van der Waals surface area (Å²) in [6.07, 6.45) is 1.53. The molecule has 1 heterocycles. The number of ether oxygens (including phenoxy) is 1. The molecule has 0 amide bonds. The predicted octanol–water partition coefficient (Wildman–Crippen LogP) is 4.81. The Bertz CT molecular complexity index is 893. The van der Waals surface area contributed by atoms with Crippen molar-refractivity contribution in [1.82, 2.24) is 5.32 Å². The molecule has 0 aliphatic carbocycles. The topological polar surface area (TPSA) is 38.3 Å². The number of hydrogen-bond donors (Lipinski definition) is 1. The molecule has 1 saturated heterocycles. The van der Waals surface area contributed by atoms with E-state index in [0.29, 0.717) is 0 Å². The van der Waals surface area contributed by atoms with Gasteiger partial charge in [0.05, 0.1) is 0 Å². The van der Waals surface area contributed by atoms with Gasteiger partial charge in [0.1, 0.15) is 11.0 Å². The molecule has 29 heavy (non-hydrogen) atoms. The van der Waals surface area contributed by atoms with Crippen LogP contribution in [0.25, 0.3) is 0 Å².